The van der Waals surface area contributed by atoms with Gasteiger partial charge in [0.1, 0.15) is 5.82 Å². The first-order valence-electron chi connectivity index (χ1n) is 4.33. The predicted molar refractivity (Wildman–Crippen MR) is 51.8 cm³/mol. The van der Waals surface area contributed by atoms with Crippen LogP contribution in [0.4, 0.5) is 14.9 Å². The van der Waals surface area contributed by atoms with Gasteiger partial charge in [0.15, 0.2) is 0 Å². The van der Waals surface area contributed by atoms with E-state index in [0.717, 1.165) is 0 Å². The van der Waals surface area contributed by atoms with Crippen molar-refractivity contribution in [2.24, 2.45) is 0 Å². The number of anilines is 1. The van der Waals surface area contributed by atoms with Crippen LogP contribution >= 0.6 is 0 Å². The van der Waals surface area contributed by atoms with E-state index in [2.05, 4.69) is 10.1 Å². The third-order valence-electron chi connectivity index (χ3n) is 1.70. The highest BCUT2D eigenvalue weighted by atomic mass is 19.1. The van der Waals surface area contributed by atoms with Crippen LogP contribution in [0.1, 0.15) is 12.5 Å². The van der Waals surface area contributed by atoms with Crippen molar-refractivity contribution in [2.45, 2.75) is 13.8 Å². The molecule has 0 heterocycles. The highest BCUT2D eigenvalue weighted by molar-refractivity contribution is 5.85. The van der Waals surface area contributed by atoms with Crippen molar-refractivity contribution in [3.63, 3.8) is 0 Å². The van der Waals surface area contributed by atoms with Crippen LogP contribution in [0, 0.1) is 12.7 Å². The SMILES string of the molecule is CCOC(=O)Nc1ccc(F)cc1C. The van der Waals surface area contributed by atoms with Crippen molar-refractivity contribution < 1.29 is 13.9 Å². The third-order valence-corrected chi connectivity index (χ3v) is 1.70. The summed E-state index contributed by atoms with van der Waals surface area (Å²) in [5, 5.41) is 2.51. The molecule has 1 amide bonds. The number of amides is 1. The summed E-state index contributed by atoms with van der Waals surface area (Å²) in [6, 6.07) is 4.14. The standard InChI is InChI=1S/C10H12FNO2/c1-3-14-10(13)12-9-5-4-8(11)6-7(9)2/h4-6H,3H2,1-2H3,(H,12,13). The Bertz CT molecular complexity index is 339. The van der Waals surface area contributed by atoms with Crippen molar-refractivity contribution in [1.82, 2.24) is 0 Å². The van der Waals surface area contributed by atoms with E-state index in [1.165, 1.54) is 18.2 Å². The normalized spacial score (nSPS) is 9.64. The molecular weight excluding hydrogens is 185 g/mol. The van der Waals surface area contributed by atoms with Gasteiger partial charge in [-0.25, -0.2) is 9.18 Å². The molecule has 0 aromatic heterocycles. The van der Waals surface area contributed by atoms with E-state index in [1.807, 2.05) is 0 Å². The first kappa shape index (κ1) is 10.5. The Kier molecular flexibility index (Phi) is 3.45. The van der Waals surface area contributed by atoms with Crippen LogP contribution in [0.2, 0.25) is 0 Å². The average Bonchev–Trinajstić information content (AvgIpc) is 2.10. The lowest BCUT2D eigenvalue weighted by Gasteiger charge is -2.07. The van der Waals surface area contributed by atoms with Gasteiger partial charge in [-0.15, -0.1) is 0 Å². The number of carbonyl (C=O) groups excluding carboxylic acids is 1. The molecule has 1 aromatic carbocycles. The van der Waals surface area contributed by atoms with Crippen molar-refractivity contribution in [3.05, 3.63) is 29.6 Å². The van der Waals surface area contributed by atoms with Crippen LogP contribution in [0.5, 0.6) is 0 Å². The molecule has 1 aromatic rings. The molecule has 0 spiro atoms. The molecule has 1 N–H and O–H groups in total. The quantitative estimate of drug-likeness (QED) is 0.791. The van der Waals surface area contributed by atoms with Crippen LogP contribution in [0.15, 0.2) is 18.2 Å². The molecule has 14 heavy (non-hydrogen) atoms. The number of ether oxygens (including phenoxy) is 1. The molecule has 0 bridgehead atoms. The largest absolute Gasteiger partial charge is 0.450 e. The van der Waals surface area contributed by atoms with E-state index in [-0.39, 0.29) is 5.82 Å². The number of aryl methyl sites for hydroxylation is 1. The number of nitrogens with one attached hydrogen (secondary N) is 1. The van der Waals surface area contributed by atoms with Gasteiger partial charge in [-0.05, 0) is 37.6 Å². The Labute approximate surface area is 81.9 Å². The molecule has 0 saturated carbocycles. The van der Waals surface area contributed by atoms with Gasteiger partial charge in [-0.3, -0.25) is 5.32 Å². The van der Waals surface area contributed by atoms with E-state index in [0.29, 0.717) is 17.9 Å². The van der Waals surface area contributed by atoms with E-state index in [9.17, 15) is 9.18 Å². The molecule has 0 unspecified atom stereocenters. The van der Waals surface area contributed by atoms with Gasteiger partial charge >= 0.3 is 6.09 Å². The van der Waals surface area contributed by atoms with Crippen LogP contribution in [0.25, 0.3) is 0 Å². The number of benzene rings is 1. The monoisotopic (exact) mass is 197 g/mol. The summed E-state index contributed by atoms with van der Waals surface area (Å²) in [6.45, 7) is 3.74. The zero-order valence-electron chi connectivity index (χ0n) is 8.13. The second-order valence-electron chi connectivity index (χ2n) is 2.80. The molecule has 0 atom stereocenters. The molecule has 0 aliphatic heterocycles. The lowest BCUT2D eigenvalue weighted by Crippen LogP contribution is -2.14. The summed E-state index contributed by atoms with van der Waals surface area (Å²) in [4.78, 5) is 11.0. The molecule has 1 rings (SSSR count). The zero-order valence-corrected chi connectivity index (χ0v) is 8.13. The van der Waals surface area contributed by atoms with Crippen LogP contribution in [0.3, 0.4) is 0 Å². The molecule has 0 saturated heterocycles. The highest BCUT2D eigenvalue weighted by Gasteiger charge is 2.04. The highest BCUT2D eigenvalue weighted by Crippen LogP contribution is 2.15. The molecule has 4 heteroatoms. The molecule has 3 nitrogen and oxygen atoms in total. The molecular formula is C10H12FNO2. The second-order valence-corrected chi connectivity index (χ2v) is 2.80. The predicted octanol–water partition coefficient (Wildman–Crippen LogP) is 2.70. The summed E-state index contributed by atoms with van der Waals surface area (Å²) in [7, 11) is 0. The zero-order chi connectivity index (χ0) is 10.6. The maximum absolute atomic E-state index is 12.7. The van der Waals surface area contributed by atoms with Gasteiger partial charge in [-0.2, -0.15) is 0 Å². The molecule has 0 radical (unpaired) electrons. The topological polar surface area (TPSA) is 38.3 Å². The molecule has 76 valence electrons. The second kappa shape index (κ2) is 4.60. The summed E-state index contributed by atoms with van der Waals surface area (Å²) in [6.07, 6.45) is -0.526. The summed E-state index contributed by atoms with van der Waals surface area (Å²) >= 11 is 0. The first-order valence-corrected chi connectivity index (χ1v) is 4.33. The fourth-order valence-corrected chi connectivity index (χ4v) is 1.04. The smallest absolute Gasteiger partial charge is 0.411 e. The van der Waals surface area contributed by atoms with E-state index >= 15 is 0 Å². The number of rotatable bonds is 2. The fourth-order valence-electron chi connectivity index (χ4n) is 1.04. The van der Waals surface area contributed by atoms with Crippen molar-refractivity contribution in [1.29, 1.82) is 0 Å². The number of hydrogen-bond acceptors (Lipinski definition) is 2. The van der Waals surface area contributed by atoms with Gasteiger partial charge in [-0.1, -0.05) is 0 Å². The maximum Gasteiger partial charge on any atom is 0.411 e. The molecule has 0 aliphatic rings. The Balaban J connectivity index is 2.72. The summed E-state index contributed by atoms with van der Waals surface area (Å²) in [5.41, 5.74) is 1.22. The van der Waals surface area contributed by atoms with Crippen LogP contribution in [-0.2, 0) is 4.74 Å². The lowest BCUT2D eigenvalue weighted by molar-refractivity contribution is 0.168. The van der Waals surface area contributed by atoms with E-state index in [4.69, 9.17) is 0 Å². The molecule has 0 fully saturated rings. The fraction of sp³-hybridized carbons (Fsp3) is 0.300. The van der Waals surface area contributed by atoms with Crippen molar-refractivity contribution in [2.75, 3.05) is 11.9 Å². The van der Waals surface area contributed by atoms with Gasteiger partial charge in [0.05, 0.1) is 6.61 Å². The van der Waals surface area contributed by atoms with Crippen LogP contribution < -0.4 is 5.32 Å². The maximum atomic E-state index is 12.7. The Morgan fingerprint density at radius 1 is 1.57 bits per heavy atom. The van der Waals surface area contributed by atoms with Gasteiger partial charge in [0.2, 0.25) is 0 Å². The van der Waals surface area contributed by atoms with Crippen LogP contribution in [-0.4, -0.2) is 12.7 Å². The van der Waals surface area contributed by atoms with Gasteiger partial charge in [0, 0.05) is 5.69 Å². The Hall–Kier alpha value is -1.58. The number of halogens is 1. The van der Waals surface area contributed by atoms with Crippen molar-refractivity contribution in [3.8, 4) is 0 Å². The summed E-state index contributed by atoms with van der Waals surface area (Å²) in [5.74, 6) is -0.322. The minimum absolute atomic E-state index is 0.312. The minimum atomic E-state index is -0.526. The lowest BCUT2D eigenvalue weighted by atomic mass is 10.2. The van der Waals surface area contributed by atoms with E-state index in [1.54, 1.807) is 13.8 Å². The number of carbonyl (C=O) groups is 1. The van der Waals surface area contributed by atoms with E-state index < -0.39 is 6.09 Å². The third kappa shape index (κ3) is 2.73. The molecule has 0 aliphatic carbocycles. The Morgan fingerprint density at radius 3 is 2.86 bits per heavy atom. The van der Waals surface area contributed by atoms with Crippen molar-refractivity contribution >= 4 is 11.8 Å². The minimum Gasteiger partial charge on any atom is -0.450 e. The average molecular weight is 197 g/mol. The van der Waals surface area contributed by atoms with Gasteiger partial charge < -0.3 is 4.74 Å². The number of hydrogen-bond donors (Lipinski definition) is 1. The summed E-state index contributed by atoms with van der Waals surface area (Å²) < 4.78 is 17.4. The Morgan fingerprint density at radius 2 is 2.29 bits per heavy atom. The first-order chi connectivity index (χ1) is 6.63. The van der Waals surface area contributed by atoms with Gasteiger partial charge in [0.25, 0.3) is 0 Å².